The van der Waals surface area contributed by atoms with Crippen molar-refractivity contribution in [2.45, 2.75) is 18.6 Å². The summed E-state index contributed by atoms with van der Waals surface area (Å²) in [5.41, 5.74) is 0. The minimum atomic E-state index is 0.134. The molecule has 3 nitrogen and oxygen atoms in total. The van der Waals surface area contributed by atoms with Gasteiger partial charge in [-0.15, -0.1) is 11.3 Å². The number of carbonyl (C=O) groups excluding carboxylic acids is 1. The third-order valence-corrected chi connectivity index (χ3v) is 3.23. The highest BCUT2D eigenvalue weighted by atomic mass is 32.1. The van der Waals surface area contributed by atoms with Crippen molar-refractivity contribution in [3.8, 4) is 0 Å². The van der Waals surface area contributed by atoms with Gasteiger partial charge in [0.25, 0.3) is 0 Å². The van der Waals surface area contributed by atoms with Crippen LogP contribution in [0.3, 0.4) is 0 Å². The molecule has 0 aromatic carbocycles. The van der Waals surface area contributed by atoms with Crippen molar-refractivity contribution >= 4 is 35.0 Å². The fraction of sp³-hybridized carbons (Fsp3) is 0.500. The Bertz CT molecular complexity index is 337. The molecule has 1 aromatic heterocycles. The van der Waals surface area contributed by atoms with Crippen LogP contribution in [0.2, 0.25) is 0 Å². The summed E-state index contributed by atoms with van der Waals surface area (Å²) in [6.07, 6.45) is 2.32. The lowest BCUT2D eigenvalue weighted by atomic mass is 10.4. The van der Waals surface area contributed by atoms with Crippen molar-refractivity contribution in [1.29, 1.82) is 0 Å². The van der Waals surface area contributed by atoms with Crippen LogP contribution >= 0.6 is 24.0 Å². The van der Waals surface area contributed by atoms with Crippen LogP contribution in [0, 0.1) is 6.92 Å². The normalized spacial score (nSPS) is 22.8. The molecule has 13 heavy (non-hydrogen) atoms. The van der Waals surface area contributed by atoms with E-state index in [2.05, 4.69) is 17.6 Å². The van der Waals surface area contributed by atoms with Crippen molar-refractivity contribution < 1.29 is 4.79 Å². The van der Waals surface area contributed by atoms with E-state index in [0.717, 1.165) is 10.0 Å². The van der Waals surface area contributed by atoms with Crippen molar-refractivity contribution in [3.63, 3.8) is 0 Å². The number of aryl methyl sites for hydroxylation is 1. The Morgan fingerprint density at radius 1 is 1.77 bits per heavy atom. The molecule has 0 radical (unpaired) electrons. The number of thiol groups is 1. The van der Waals surface area contributed by atoms with E-state index in [-0.39, 0.29) is 11.2 Å². The van der Waals surface area contributed by atoms with Crippen LogP contribution in [0.1, 0.15) is 11.3 Å². The summed E-state index contributed by atoms with van der Waals surface area (Å²) < 4.78 is 0. The number of thiazole rings is 1. The number of rotatable bonds is 1. The second-order valence-electron chi connectivity index (χ2n) is 3.12. The molecule has 2 heterocycles. The molecular formula is C8H10N2OS2. The number of hydrogen-bond donors (Lipinski definition) is 1. The van der Waals surface area contributed by atoms with Crippen molar-refractivity contribution in [3.05, 3.63) is 11.1 Å². The highest BCUT2D eigenvalue weighted by Gasteiger charge is 2.29. The van der Waals surface area contributed by atoms with Gasteiger partial charge in [-0.25, -0.2) is 4.98 Å². The minimum absolute atomic E-state index is 0.134. The van der Waals surface area contributed by atoms with Gasteiger partial charge < -0.3 is 0 Å². The van der Waals surface area contributed by atoms with E-state index >= 15 is 0 Å². The molecule has 5 heteroatoms. The fourth-order valence-corrected chi connectivity index (χ4v) is 2.45. The first-order valence-electron chi connectivity index (χ1n) is 4.07. The van der Waals surface area contributed by atoms with Crippen LogP contribution in [0.15, 0.2) is 6.20 Å². The van der Waals surface area contributed by atoms with E-state index in [1.807, 2.05) is 6.92 Å². The molecule has 1 aromatic rings. The number of anilines is 1. The standard InChI is InChI=1S/C8H10N2OS2/c1-5-3-9-8(13-5)10-4-6(12)2-7(10)11/h3,6,12H,2,4H2,1H3. The van der Waals surface area contributed by atoms with Gasteiger partial charge in [-0.3, -0.25) is 9.69 Å². The maximum absolute atomic E-state index is 11.4. The van der Waals surface area contributed by atoms with Crippen LogP contribution in [0.25, 0.3) is 0 Å². The molecule has 0 aliphatic carbocycles. The topological polar surface area (TPSA) is 33.2 Å². The Balaban J connectivity index is 2.22. The first-order valence-corrected chi connectivity index (χ1v) is 5.41. The number of amides is 1. The molecule has 1 aliphatic rings. The molecule has 1 amide bonds. The van der Waals surface area contributed by atoms with E-state index in [9.17, 15) is 4.79 Å². The molecular weight excluding hydrogens is 204 g/mol. The minimum Gasteiger partial charge on any atom is -0.287 e. The third-order valence-electron chi connectivity index (χ3n) is 1.94. The fourth-order valence-electron chi connectivity index (χ4n) is 1.34. The van der Waals surface area contributed by atoms with Gasteiger partial charge in [0.1, 0.15) is 0 Å². The lowest BCUT2D eigenvalue weighted by Gasteiger charge is -2.10. The van der Waals surface area contributed by atoms with Crippen LogP contribution in [-0.2, 0) is 4.79 Å². The molecule has 1 aliphatic heterocycles. The predicted molar refractivity (Wildman–Crippen MR) is 56.6 cm³/mol. The van der Waals surface area contributed by atoms with E-state index < -0.39 is 0 Å². The quantitative estimate of drug-likeness (QED) is 0.718. The molecule has 0 N–H and O–H groups in total. The van der Waals surface area contributed by atoms with Crippen LogP contribution < -0.4 is 4.90 Å². The van der Waals surface area contributed by atoms with Gasteiger partial charge in [0, 0.05) is 29.3 Å². The van der Waals surface area contributed by atoms with Crippen molar-refractivity contribution in [1.82, 2.24) is 4.98 Å². The average molecular weight is 214 g/mol. The number of nitrogens with zero attached hydrogens (tertiary/aromatic N) is 2. The van der Waals surface area contributed by atoms with Gasteiger partial charge >= 0.3 is 0 Å². The summed E-state index contributed by atoms with van der Waals surface area (Å²) in [4.78, 5) is 18.5. The Morgan fingerprint density at radius 3 is 3.00 bits per heavy atom. The van der Waals surface area contributed by atoms with Crippen molar-refractivity contribution in [2.75, 3.05) is 11.4 Å². The average Bonchev–Trinajstić information content (AvgIpc) is 2.58. The molecule has 1 unspecified atom stereocenters. The van der Waals surface area contributed by atoms with Crippen LogP contribution in [0.5, 0.6) is 0 Å². The lowest BCUT2D eigenvalue weighted by Crippen LogP contribution is -2.24. The van der Waals surface area contributed by atoms with Gasteiger partial charge in [-0.2, -0.15) is 12.6 Å². The largest absolute Gasteiger partial charge is 0.287 e. The van der Waals surface area contributed by atoms with E-state index in [1.54, 1.807) is 22.4 Å². The first kappa shape index (κ1) is 9.02. The smallest absolute Gasteiger partial charge is 0.229 e. The van der Waals surface area contributed by atoms with Crippen molar-refractivity contribution in [2.24, 2.45) is 0 Å². The Morgan fingerprint density at radius 2 is 2.54 bits per heavy atom. The summed E-state index contributed by atoms with van der Waals surface area (Å²) in [6, 6.07) is 0. The summed E-state index contributed by atoms with van der Waals surface area (Å²) in [7, 11) is 0. The highest BCUT2D eigenvalue weighted by Crippen LogP contribution is 2.27. The number of hydrogen-bond acceptors (Lipinski definition) is 4. The molecule has 1 fully saturated rings. The molecule has 1 saturated heterocycles. The molecule has 0 spiro atoms. The van der Waals surface area contributed by atoms with Crippen LogP contribution in [0.4, 0.5) is 5.13 Å². The molecule has 0 bridgehead atoms. The zero-order valence-corrected chi connectivity index (χ0v) is 8.94. The van der Waals surface area contributed by atoms with Gasteiger partial charge in [0.15, 0.2) is 5.13 Å². The monoisotopic (exact) mass is 214 g/mol. The van der Waals surface area contributed by atoms with Gasteiger partial charge in [0.05, 0.1) is 0 Å². The Hall–Kier alpha value is -0.550. The Kier molecular flexibility index (Phi) is 2.29. The highest BCUT2D eigenvalue weighted by molar-refractivity contribution is 7.81. The van der Waals surface area contributed by atoms with Gasteiger partial charge in [-0.1, -0.05) is 0 Å². The lowest BCUT2D eigenvalue weighted by molar-refractivity contribution is -0.117. The molecule has 0 saturated carbocycles. The van der Waals surface area contributed by atoms with E-state index in [1.165, 1.54) is 0 Å². The second kappa shape index (κ2) is 3.31. The number of carbonyl (C=O) groups is 1. The molecule has 2 rings (SSSR count). The molecule has 1 atom stereocenters. The predicted octanol–water partition coefficient (Wildman–Crippen LogP) is 1.49. The summed E-state index contributed by atoms with van der Waals surface area (Å²) in [5.74, 6) is 0.134. The van der Waals surface area contributed by atoms with Crippen LogP contribution in [-0.4, -0.2) is 22.7 Å². The third kappa shape index (κ3) is 1.71. The summed E-state index contributed by atoms with van der Waals surface area (Å²) in [5, 5.41) is 0.968. The molecule has 70 valence electrons. The summed E-state index contributed by atoms with van der Waals surface area (Å²) in [6.45, 7) is 2.68. The zero-order valence-electron chi connectivity index (χ0n) is 7.23. The van der Waals surface area contributed by atoms with E-state index in [4.69, 9.17) is 0 Å². The Labute approximate surface area is 86.2 Å². The van der Waals surface area contributed by atoms with Gasteiger partial charge in [0.2, 0.25) is 5.91 Å². The summed E-state index contributed by atoms with van der Waals surface area (Å²) >= 11 is 5.83. The van der Waals surface area contributed by atoms with E-state index in [0.29, 0.717) is 13.0 Å². The zero-order chi connectivity index (χ0) is 9.42. The SMILES string of the molecule is Cc1cnc(N2CC(S)CC2=O)s1. The maximum atomic E-state index is 11.4. The van der Waals surface area contributed by atoms with Gasteiger partial charge in [-0.05, 0) is 6.92 Å². The first-order chi connectivity index (χ1) is 6.16. The number of aromatic nitrogens is 1. The maximum Gasteiger partial charge on any atom is 0.229 e. The second-order valence-corrected chi connectivity index (χ2v) is 5.06.